The molecule has 5 rings (SSSR count). The van der Waals surface area contributed by atoms with Crippen LogP contribution in [0.2, 0.25) is 5.02 Å². The van der Waals surface area contributed by atoms with Gasteiger partial charge in [0.05, 0.1) is 5.92 Å². The third kappa shape index (κ3) is 4.87. The van der Waals surface area contributed by atoms with E-state index in [-0.39, 0.29) is 33.0 Å². The number of ether oxygens (including phenoxy) is 1. The molecule has 6 nitrogen and oxygen atoms in total. The minimum absolute atomic E-state index is 0.0514. The first-order chi connectivity index (χ1) is 17.3. The highest BCUT2D eigenvalue weighted by atomic mass is 35.5. The topological polar surface area (TPSA) is 86.7 Å². The molecule has 0 radical (unpaired) electrons. The Morgan fingerprint density at radius 2 is 1.32 bits per heavy atom. The van der Waals surface area contributed by atoms with Gasteiger partial charge in [0.15, 0.2) is 11.6 Å². The zero-order chi connectivity index (χ0) is 26.8. The molecule has 0 atom stereocenters. The fourth-order valence-corrected chi connectivity index (χ4v) is 6.63. The van der Waals surface area contributed by atoms with Crippen molar-refractivity contribution in [3.8, 4) is 5.75 Å². The Hall–Kier alpha value is -2.90. The summed E-state index contributed by atoms with van der Waals surface area (Å²) in [7, 11) is -4.21. The molecular weight excluding hydrogens is 512 g/mol. The van der Waals surface area contributed by atoms with Crippen molar-refractivity contribution in [2.75, 3.05) is 0 Å². The van der Waals surface area contributed by atoms with E-state index in [2.05, 4.69) is 0 Å². The average molecular weight is 541 g/mol. The molecule has 0 fully saturated rings. The first kappa shape index (κ1) is 25.7. The van der Waals surface area contributed by atoms with E-state index in [1.807, 2.05) is 27.7 Å². The van der Waals surface area contributed by atoms with Crippen LogP contribution >= 0.6 is 11.6 Å². The highest BCUT2D eigenvalue weighted by molar-refractivity contribution is 7.87. The predicted molar refractivity (Wildman–Crippen MR) is 140 cm³/mol. The second kappa shape index (κ2) is 8.84. The van der Waals surface area contributed by atoms with Gasteiger partial charge < -0.3 is 8.92 Å². The van der Waals surface area contributed by atoms with Crippen LogP contribution in [0.3, 0.4) is 0 Å². The van der Waals surface area contributed by atoms with E-state index in [0.717, 1.165) is 0 Å². The Labute approximate surface area is 222 Å². The highest BCUT2D eigenvalue weighted by Crippen LogP contribution is 2.54. The van der Waals surface area contributed by atoms with Crippen LogP contribution in [0, 0.1) is 10.8 Å². The zero-order valence-corrected chi connectivity index (χ0v) is 22.8. The quantitative estimate of drug-likeness (QED) is 0.411. The molecule has 0 spiro atoms. The number of halogens is 1. The van der Waals surface area contributed by atoms with Crippen LogP contribution in [-0.2, 0) is 24.4 Å². The molecule has 0 N–H and O–H groups in total. The highest BCUT2D eigenvalue weighted by Gasteiger charge is 2.48. The van der Waals surface area contributed by atoms with Gasteiger partial charge in [0.2, 0.25) is 0 Å². The van der Waals surface area contributed by atoms with Gasteiger partial charge in [-0.1, -0.05) is 57.5 Å². The van der Waals surface area contributed by atoms with Crippen LogP contribution in [0.1, 0.15) is 64.9 Å². The normalized spacial score (nSPS) is 21.3. The summed E-state index contributed by atoms with van der Waals surface area (Å²) in [5, 5.41) is 0.401. The first-order valence-corrected chi connectivity index (χ1v) is 14.0. The molecule has 8 heteroatoms. The van der Waals surface area contributed by atoms with Crippen molar-refractivity contribution in [2.24, 2.45) is 10.8 Å². The van der Waals surface area contributed by atoms with Crippen LogP contribution < -0.4 is 4.18 Å². The van der Waals surface area contributed by atoms with E-state index in [9.17, 15) is 18.0 Å². The number of allylic oxidation sites excluding steroid dienone is 4. The summed E-state index contributed by atoms with van der Waals surface area (Å²) < 4.78 is 38.3. The molecule has 2 aromatic rings. The SMILES string of the molecule is CC1(C)CC(=O)C2=C(C1)OC1=C(C(=O)CC(C)(C)C1)C2c1ccccc1OS(=O)(=O)c1ccc(Cl)cc1. The maximum Gasteiger partial charge on any atom is 0.339 e. The first-order valence-electron chi connectivity index (χ1n) is 12.3. The molecule has 2 aliphatic carbocycles. The van der Waals surface area contributed by atoms with E-state index >= 15 is 0 Å². The molecule has 0 bridgehead atoms. The minimum Gasteiger partial charge on any atom is -0.465 e. The molecule has 0 amide bonds. The number of benzene rings is 2. The zero-order valence-electron chi connectivity index (χ0n) is 21.3. The molecule has 0 saturated carbocycles. The van der Waals surface area contributed by atoms with Gasteiger partial charge in [-0.3, -0.25) is 9.59 Å². The van der Waals surface area contributed by atoms with E-state index < -0.39 is 16.0 Å². The van der Waals surface area contributed by atoms with Gasteiger partial charge in [-0.15, -0.1) is 0 Å². The summed E-state index contributed by atoms with van der Waals surface area (Å²) in [5.41, 5.74) is 0.711. The number of rotatable bonds is 4. The van der Waals surface area contributed by atoms with Gasteiger partial charge in [-0.2, -0.15) is 8.42 Å². The van der Waals surface area contributed by atoms with Crippen LogP contribution in [-0.4, -0.2) is 20.0 Å². The van der Waals surface area contributed by atoms with Crippen molar-refractivity contribution >= 4 is 33.3 Å². The van der Waals surface area contributed by atoms with E-state index in [0.29, 0.717) is 58.9 Å². The third-order valence-electron chi connectivity index (χ3n) is 7.11. The number of hydrogen-bond donors (Lipinski definition) is 0. The fourth-order valence-electron chi connectivity index (χ4n) is 5.55. The molecule has 1 heterocycles. The second-order valence-corrected chi connectivity index (χ2v) is 13.6. The number of hydrogen-bond acceptors (Lipinski definition) is 6. The van der Waals surface area contributed by atoms with Crippen LogP contribution in [0.25, 0.3) is 0 Å². The summed E-state index contributed by atoms with van der Waals surface area (Å²) >= 11 is 5.92. The molecule has 0 saturated heterocycles. The van der Waals surface area contributed by atoms with Gasteiger partial charge in [0.25, 0.3) is 0 Å². The lowest BCUT2D eigenvalue weighted by molar-refractivity contribution is -0.120. The summed E-state index contributed by atoms with van der Waals surface area (Å²) in [5.74, 6) is 0.226. The summed E-state index contributed by atoms with van der Waals surface area (Å²) in [6.07, 6.45) is 1.70. The van der Waals surface area contributed by atoms with Crippen molar-refractivity contribution in [3.05, 3.63) is 81.8 Å². The fraction of sp³-hybridized carbons (Fsp3) is 0.379. The summed E-state index contributed by atoms with van der Waals surface area (Å²) in [6.45, 7) is 8.07. The standard InChI is InChI=1S/C29H29ClO6S/c1-28(2)13-20(31)26-23(15-28)35-24-16-29(3,4)14-21(32)27(24)25(26)19-7-5-6-8-22(19)36-37(33,34)18-11-9-17(30)10-12-18/h5-12,25H,13-16H2,1-4H3. The van der Waals surface area contributed by atoms with E-state index in [1.165, 1.54) is 24.3 Å². The smallest absolute Gasteiger partial charge is 0.339 e. The van der Waals surface area contributed by atoms with Gasteiger partial charge in [0, 0.05) is 47.4 Å². The Balaban J connectivity index is 1.67. The number of carbonyl (C=O) groups excluding carboxylic acids is 2. The molecule has 37 heavy (non-hydrogen) atoms. The molecular formula is C29H29ClO6S. The molecule has 0 aromatic heterocycles. The van der Waals surface area contributed by atoms with E-state index in [1.54, 1.807) is 24.3 Å². The predicted octanol–water partition coefficient (Wildman–Crippen LogP) is 6.51. The largest absolute Gasteiger partial charge is 0.465 e. The Morgan fingerprint density at radius 1 is 0.811 bits per heavy atom. The monoisotopic (exact) mass is 540 g/mol. The Morgan fingerprint density at radius 3 is 1.86 bits per heavy atom. The van der Waals surface area contributed by atoms with Crippen LogP contribution in [0.4, 0.5) is 0 Å². The Bertz CT molecular complexity index is 1430. The lowest BCUT2D eigenvalue weighted by Crippen LogP contribution is -2.37. The van der Waals surface area contributed by atoms with Crippen molar-refractivity contribution in [1.82, 2.24) is 0 Å². The summed E-state index contributed by atoms with van der Waals surface area (Å²) in [6, 6.07) is 12.4. The number of para-hydroxylation sites is 1. The average Bonchev–Trinajstić information content (AvgIpc) is 2.76. The minimum atomic E-state index is -4.21. The third-order valence-corrected chi connectivity index (χ3v) is 8.61. The number of Topliss-reactive ketones (excluding diaryl/α,β-unsaturated/α-hetero) is 2. The molecule has 3 aliphatic rings. The lowest BCUT2D eigenvalue weighted by atomic mass is 9.65. The maximum atomic E-state index is 13.5. The Kier molecular flexibility index (Phi) is 6.15. The van der Waals surface area contributed by atoms with Gasteiger partial charge in [0.1, 0.15) is 22.2 Å². The van der Waals surface area contributed by atoms with Crippen LogP contribution in [0.15, 0.2) is 76.1 Å². The van der Waals surface area contributed by atoms with Crippen molar-refractivity contribution < 1.29 is 26.9 Å². The molecule has 0 unspecified atom stereocenters. The van der Waals surface area contributed by atoms with Gasteiger partial charge in [-0.05, 0) is 41.2 Å². The number of ketones is 2. The summed E-state index contributed by atoms with van der Waals surface area (Å²) in [4.78, 5) is 27.0. The second-order valence-electron chi connectivity index (χ2n) is 11.6. The van der Waals surface area contributed by atoms with Crippen molar-refractivity contribution in [3.63, 3.8) is 0 Å². The van der Waals surface area contributed by atoms with Crippen LogP contribution in [0.5, 0.6) is 5.75 Å². The van der Waals surface area contributed by atoms with Gasteiger partial charge >= 0.3 is 10.1 Å². The van der Waals surface area contributed by atoms with Crippen molar-refractivity contribution in [2.45, 2.75) is 64.2 Å². The molecule has 2 aromatic carbocycles. The van der Waals surface area contributed by atoms with E-state index in [4.69, 9.17) is 20.5 Å². The van der Waals surface area contributed by atoms with Crippen molar-refractivity contribution in [1.29, 1.82) is 0 Å². The maximum absolute atomic E-state index is 13.5. The molecule has 1 aliphatic heterocycles. The lowest BCUT2D eigenvalue weighted by Gasteiger charge is -2.42. The number of carbonyl (C=O) groups is 2. The van der Waals surface area contributed by atoms with Gasteiger partial charge in [-0.25, -0.2) is 0 Å². The molecule has 194 valence electrons.